The molecule has 0 amide bonds. The van der Waals surface area contributed by atoms with Crippen LogP contribution in [-0.4, -0.2) is 39.5 Å². The van der Waals surface area contributed by atoms with E-state index >= 15 is 0 Å². The molecule has 0 unspecified atom stereocenters. The summed E-state index contributed by atoms with van der Waals surface area (Å²) in [5, 5.41) is 9.15. The number of hydrogen-bond donors (Lipinski definition) is 0. The molecule has 1 aromatic rings. The molecule has 0 N–H and O–H groups in total. The second-order valence-corrected chi connectivity index (χ2v) is 4.63. The zero-order valence-electron chi connectivity index (χ0n) is 14.6. The van der Waals surface area contributed by atoms with Crippen LogP contribution in [0.1, 0.15) is 5.56 Å². The van der Waals surface area contributed by atoms with Crippen LogP contribution in [0.2, 0.25) is 0 Å². The molecule has 1 aromatic carbocycles. The zero-order chi connectivity index (χ0) is 19.2. The predicted octanol–water partition coefficient (Wildman–Crippen LogP) is 2.84. The molecule has 0 bridgehead atoms. The minimum absolute atomic E-state index is 0.160. The number of carbonyl (C=O) groups excluding carboxylic acids is 1. The van der Waals surface area contributed by atoms with Crippen LogP contribution in [0.4, 0.5) is 0 Å². The minimum atomic E-state index is -0.737. The Morgan fingerprint density at radius 1 is 1.12 bits per heavy atom. The highest BCUT2D eigenvalue weighted by Crippen LogP contribution is 2.27. The van der Waals surface area contributed by atoms with Gasteiger partial charge in [0.2, 0.25) is 0 Å². The molecule has 0 aliphatic heterocycles. The summed E-state index contributed by atoms with van der Waals surface area (Å²) in [6, 6.07) is 6.84. The van der Waals surface area contributed by atoms with Gasteiger partial charge in [-0.3, -0.25) is 0 Å². The fourth-order valence-corrected chi connectivity index (χ4v) is 1.84. The lowest BCUT2D eigenvalue weighted by Crippen LogP contribution is -2.07. The van der Waals surface area contributed by atoms with E-state index in [1.54, 1.807) is 24.3 Å². The Morgan fingerprint density at radius 2 is 1.77 bits per heavy atom. The molecule has 7 nitrogen and oxygen atoms in total. The largest absolute Gasteiger partial charge is 0.498 e. The third-order valence-corrected chi connectivity index (χ3v) is 2.97. The summed E-state index contributed by atoms with van der Waals surface area (Å²) in [5.41, 5.74) is 0.333. The summed E-state index contributed by atoms with van der Waals surface area (Å²) >= 11 is 0. The number of esters is 1. The summed E-state index contributed by atoms with van der Waals surface area (Å²) in [6.45, 7) is 8.12. The van der Waals surface area contributed by atoms with Gasteiger partial charge in [0.15, 0.2) is 0 Å². The van der Waals surface area contributed by atoms with Gasteiger partial charge in [-0.05, 0) is 24.3 Å². The van der Waals surface area contributed by atoms with Gasteiger partial charge < -0.3 is 23.7 Å². The first-order valence-electron chi connectivity index (χ1n) is 7.71. The van der Waals surface area contributed by atoms with E-state index in [-0.39, 0.29) is 12.2 Å². The maximum absolute atomic E-state index is 11.6. The highest BCUT2D eigenvalue weighted by Gasteiger charge is 2.12. The van der Waals surface area contributed by atoms with Gasteiger partial charge in [-0.25, -0.2) is 4.79 Å². The highest BCUT2D eigenvalue weighted by atomic mass is 16.5. The predicted molar refractivity (Wildman–Crippen MR) is 95.3 cm³/mol. The molecular weight excluding hydrogens is 338 g/mol. The molecule has 0 saturated carbocycles. The molecule has 7 heteroatoms. The van der Waals surface area contributed by atoms with Crippen molar-refractivity contribution in [2.45, 2.75) is 0 Å². The molecule has 0 aliphatic rings. The van der Waals surface area contributed by atoms with Gasteiger partial charge in [0.25, 0.3) is 0 Å². The Kier molecular flexibility index (Phi) is 9.55. The summed E-state index contributed by atoms with van der Waals surface area (Å²) in [4.78, 5) is 11.6. The molecule has 0 saturated heterocycles. The normalized spacial score (nSPS) is 10.2. The first-order chi connectivity index (χ1) is 12.7. The van der Waals surface area contributed by atoms with Crippen molar-refractivity contribution < 1.29 is 28.5 Å². The number of carbonyl (C=O) groups is 1. The minimum Gasteiger partial charge on any atom is -0.498 e. The molecule has 0 atom stereocenters. The first kappa shape index (κ1) is 20.6. The standard InChI is InChI=1S/C19H21NO6/c1-4-23-8-10-25-17-6-7-18(26-11-9-24-5-2)15(13-17)12-16(14-20)19(21)22-3/h4-7,12-13H,1-2,8-11H2,3H3/b16-12+. The lowest BCUT2D eigenvalue weighted by atomic mass is 10.1. The zero-order valence-corrected chi connectivity index (χ0v) is 14.6. The van der Waals surface area contributed by atoms with Crippen molar-refractivity contribution in [3.63, 3.8) is 0 Å². The molecule has 0 heterocycles. The molecule has 0 spiro atoms. The summed E-state index contributed by atoms with van der Waals surface area (Å²) in [6.07, 6.45) is 4.02. The number of benzene rings is 1. The number of nitriles is 1. The fourth-order valence-electron chi connectivity index (χ4n) is 1.84. The second kappa shape index (κ2) is 12.0. The molecule has 0 aliphatic carbocycles. The van der Waals surface area contributed by atoms with Crippen molar-refractivity contribution in [3.05, 3.63) is 55.0 Å². The quantitative estimate of drug-likeness (QED) is 0.186. The van der Waals surface area contributed by atoms with E-state index in [1.165, 1.54) is 25.7 Å². The van der Waals surface area contributed by atoms with Crippen LogP contribution in [0.15, 0.2) is 49.5 Å². The Morgan fingerprint density at radius 3 is 2.35 bits per heavy atom. The summed E-state index contributed by atoms with van der Waals surface area (Å²) in [7, 11) is 1.21. The van der Waals surface area contributed by atoms with Crippen LogP contribution in [0.5, 0.6) is 11.5 Å². The van der Waals surface area contributed by atoms with Gasteiger partial charge in [-0.1, -0.05) is 13.2 Å². The van der Waals surface area contributed by atoms with Crippen LogP contribution in [-0.2, 0) is 19.0 Å². The third-order valence-electron chi connectivity index (χ3n) is 2.97. The number of methoxy groups -OCH3 is 1. The van der Waals surface area contributed by atoms with E-state index in [9.17, 15) is 4.79 Å². The van der Waals surface area contributed by atoms with Crippen LogP contribution in [0.3, 0.4) is 0 Å². The van der Waals surface area contributed by atoms with Gasteiger partial charge in [-0.2, -0.15) is 5.26 Å². The average molecular weight is 359 g/mol. The number of rotatable bonds is 12. The van der Waals surface area contributed by atoms with E-state index < -0.39 is 5.97 Å². The van der Waals surface area contributed by atoms with Crippen molar-refractivity contribution >= 4 is 12.0 Å². The first-order valence-corrected chi connectivity index (χ1v) is 7.71. The Bertz CT molecular complexity index is 690. The topological polar surface area (TPSA) is 87.0 Å². The van der Waals surface area contributed by atoms with Gasteiger partial charge in [-0.15, -0.1) is 0 Å². The van der Waals surface area contributed by atoms with Crippen LogP contribution in [0, 0.1) is 11.3 Å². The van der Waals surface area contributed by atoms with E-state index in [4.69, 9.17) is 24.2 Å². The number of hydrogen-bond acceptors (Lipinski definition) is 7. The van der Waals surface area contributed by atoms with Gasteiger partial charge in [0.05, 0.1) is 19.6 Å². The van der Waals surface area contributed by atoms with E-state index in [2.05, 4.69) is 17.9 Å². The van der Waals surface area contributed by atoms with E-state index in [0.717, 1.165) is 0 Å². The SMILES string of the molecule is C=COCCOc1ccc(OCCOC=C)c(/C=C(\C#N)C(=O)OC)c1. The van der Waals surface area contributed by atoms with Crippen molar-refractivity contribution in [1.82, 2.24) is 0 Å². The van der Waals surface area contributed by atoms with Gasteiger partial charge in [0.1, 0.15) is 49.6 Å². The smallest absolute Gasteiger partial charge is 0.348 e. The second-order valence-electron chi connectivity index (χ2n) is 4.63. The Hall–Kier alpha value is -3.40. The molecule has 0 fully saturated rings. The highest BCUT2D eigenvalue weighted by molar-refractivity contribution is 5.98. The van der Waals surface area contributed by atoms with Gasteiger partial charge in [0, 0.05) is 5.56 Å². The lowest BCUT2D eigenvalue weighted by Gasteiger charge is -2.12. The molecule has 0 aromatic heterocycles. The Labute approximate surface area is 152 Å². The van der Waals surface area contributed by atoms with Crippen molar-refractivity contribution in [1.29, 1.82) is 5.26 Å². The number of ether oxygens (including phenoxy) is 5. The van der Waals surface area contributed by atoms with Gasteiger partial charge >= 0.3 is 5.97 Å². The van der Waals surface area contributed by atoms with E-state index in [0.29, 0.717) is 36.9 Å². The maximum atomic E-state index is 11.6. The Balaban J connectivity index is 3.02. The monoisotopic (exact) mass is 359 g/mol. The maximum Gasteiger partial charge on any atom is 0.348 e. The van der Waals surface area contributed by atoms with Crippen molar-refractivity contribution in [2.75, 3.05) is 33.5 Å². The van der Waals surface area contributed by atoms with Crippen molar-refractivity contribution in [2.24, 2.45) is 0 Å². The van der Waals surface area contributed by atoms with Crippen molar-refractivity contribution in [3.8, 4) is 17.6 Å². The summed E-state index contributed by atoms with van der Waals surface area (Å²) < 4.78 is 25.8. The third kappa shape index (κ3) is 7.01. The van der Waals surface area contributed by atoms with Crippen LogP contribution in [0.25, 0.3) is 6.08 Å². The van der Waals surface area contributed by atoms with Crippen LogP contribution >= 0.6 is 0 Å². The lowest BCUT2D eigenvalue weighted by molar-refractivity contribution is -0.135. The number of nitrogens with zero attached hydrogens (tertiary/aromatic N) is 1. The van der Waals surface area contributed by atoms with E-state index in [1.807, 2.05) is 0 Å². The molecule has 138 valence electrons. The fraction of sp³-hybridized carbons (Fsp3) is 0.263. The van der Waals surface area contributed by atoms with Crippen LogP contribution < -0.4 is 9.47 Å². The molecular formula is C19H21NO6. The average Bonchev–Trinajstić information content (AvgIpc) is 2.67. The molecule has 1 rings (SSSR count). The molecule has 26 heavy (non-hydrogen) atoms. The summed E-state index contributed by atoms with van der Waals surface area (Å²) in [5.74, 6) is 0.254. The molecule has 0 radical (unpaired) electrons.